The standard InChI is InChI=1S/C19H19N3O2/c1-22-18(15-9-6-10-16(11-15)24-2)12-17(21-22)19(23)20-13-14-7-4-3-5-8-14/h3-12H,13H2,1-2H3,(H,20,23). The van der Waals surface area contributed by atoms with Gasteiger partial charge in [0.15, 0.2) is 5.69 Å². The summed E-state index contributed by atoms with van der Waals surface area (Å²) in [4.78, 5) is 12.3. The first kappa shape index (κ1) is 15.8. The van der Waals surface area contributed by atoms with Crippen LogP contribution in [0.25, 0.3) is 11.3 Å². The van der Waals surface area contributed by atoms with E-state index in [1.54, 1.807) is 17.9 Å². The highest BCUT2D eigenvalue weighted by Gasteiger charge is 2.14. The van der Waals surface area contributed by atoms with Gasteiger partial charge in [0.05, 0.1) is 12.8 Å². The maximum absolute atomic E-state index is 12.3. The lowest BCUT2D eigenvalue weighted by molar-refractivity contribution is 0.0945. The Hall–Kier alpha value is -3.08. The molecule has 3 aromatic rings. The number of nitrogens with zero attached hydrogens (tertiary/aromatic N) is 2. The van der Waals surface area contributed by atoms with Gasteiger partial charge in [-0.1, -0.05) is 42.5 Å². The van der Waals surface area contributed by atoms with Crippen molar-refractivity contribution in [3.8, 4) is 17.0 Å². The van der Waals surface area contributed by atoms with Gasteiger partial charge in [0.1, 0.15) is 5.75 Å². The molecule has 0 atom stereocenters. The molecule has 3 rings (SSSR count). The molecule has 0 bridgehead atoms. The first-order valence-corrected chi connectivity index (χ1v) is 7.68. The number of carbonyl (C=O) groups is 1. The van der Waals surface area contributed by atoms with Gasteiger partial charge in [-0.15, -0.1) is 0 Å². The SMILES string of the molecule is COc1cccc(-c2cc(C(=O)NCc3ccccc3)nn2C)c1. The Bertz CT molecular complexity index is 841. The number of nitrogens with one attached hydrogen (secondary N) is 1. The molecule has 122 valence electrons. The van der Waals surface area contributed by atoms with Crippen molar-refractivity contribution >= 4 is 5.91 Å². The molecule has 5 heteroatoms. The van der Waals surface area contributed by atoms with Crippen LogP contribution >= 0.6 is 0 Å². The Balaban J connectivity index is 1.76. The zero-order chi connectivity index (χ0) is 16.9. The highest BCUT2D eigenvalue weighted by molar-refractivity contribution is 5.93. The number of amides is 1. The zero-order valence-electron chi connectivity index (χ0n) is 13.7. The maximum Gasteiger partial charge on any atom is 0.272 e. The second-order valence-corrected chi connectivity index (χ2v) is 5.44. The number of hydrogen-bond donors (Lipinski definition) is 1. The van der Waals surface area contributed by atoms with Gasteiger partial charge in [0.25, 0.3) is 5.91 Å². The number of carbonyl (C=O) groups excluding carboxylic acids is 1. The molecule has 0 saturated heterocycles. The third-order valence-corrected chi connectivity index (χ3v) is 3.77. The van der Waals surface area contributed by atoms with Crippen LogP contribution in [0.5, 0.6) is 5.75 Å². The second kappa shape index (κ2) is 7.00. The fourth-order valence-corrected chi connectivity index (χ4v) is 2.50. The summed E-state index contributed by atoms with van der Waals surface area (Å²) in [6.45, 7) is 0.477. The molecule has 1 heterocycles. The molecule has 1 amide bonds. The third kappa shape index (κ3) is 3.46. The summed E-state index contributed by atoms with van der Waals surface area (Å²) in [6, 6.07) is 19.3. The average molecular weight is 321 g/mol. The van der Waals surface area contributed by atoms with Crippen molar-refractivity contribution in [1.29, 1.82) is 0 Å². The number of ether oxygens (including phenoxy) is 1. The van der Waals surface area contributed by atoms with E-state index in [2.05, 4.69) is 10.4 Å². The molecule has 5 nitrogen and oxygen atoms in total. The van der Waals surface area contributed by atoms with Gasteiger partial charge in [0, 0.05) is 19.2 Å². The Kier molecular flexibility index (Phi) is 4.61. The van der Waals surface area contributed by atoms with E-state index >= 15 is 0 Å². The van der Waals surface area contributed by atoms with Crippen LogP contribution in [-0.2, 0) is 13.6 Å². The molecular formula is C19H19N3O2. The van der Waals surface area contributed by atoms with E-state index in [9.17, 15) is 4.79 Å². The van der Waals surface area contributed by atoms with Gasteiger partial charge in [0.2, 0.25) is 0 Å². The molecule has 0 aliphatic carbocycles. The topological polar surface area (TPSA) is 56.1 Å². The van der Waals surface area contributed by atoms with Crippen molar-refractivity contribution in [2.45, 2.75) is 6.54 Å². The molecule has 1 N–H and O–H groups in total. The van der Waals surface area contributed by atoms with E-state index in [1.165, 1.54) is 0 Å². The van der Waals surface area contributed by atoms with Crippen molar-refractivity contribution in [2.75, 3.05) is 7.11 Å². The van der Waals surface area contributed by atoms with E-state index < -0.39 is 0 Å². The molecule has 24 heavy (non-hydrogen) atoms. The number of benzene rings is 2. The van der Waals surface area contributed by atoms with E-state index in [0.717, 1.165) is 22.6 Å². The first-order valence-electron chi connectivity index (χ1n) is 7.68. The minimum Gasteiger partial charge on any atom is -0.497 e. The van der Waals surface area contributed by atoms with Crippen LogP contribution in [0.1, 0.15) is 16.1 Å². The summed E-state index contributed by atoms with van der Waals surface area (Å²) in [5.74, 6) is 0.576. The quantitative estimate of drug-likeness (QED) is 0.786. The van der Waals surface area contributed by atoms with Crippen LogP contribution < -0.4 is 10.1 Å². The molecule has 0 radical (unpaired) electrons. The van der Waals surface area contributed by atoms with Crippen LogP contribution in [0, 0.1) is 0 Å². The third-order valence-electron chi connectivity index (χ3n) is 3.77. The zero-order valence-corrected chi connectivity index (χ0v) is 13.7. The minimum atomic E-state index is -0.191. The fourth-order valence-electron chi connectivity index (χ4n) is 2.50. The molecule has 0 spiro atoms. The Morgan fingerprint density at radius 3 is 2.67 bits per heavy atom. The van der Waals surface area contributed by atoms with E-state index in [1.807, 2.05) is 61.6 Å². The molecule has 1 aromatic heterocycles. The van der Waals surface area contributed by atoms with Crippen LogP contribution in [-0.4, -0.2) is 22.8 Å². The van der Waals surface area contributed by atoms with Crippen LogP contribution in [0.3, 0.4) is 0 Å². The van der Waals surface area contributed by atoms with Crippen molar-refractivity contribution in [1.82, 2.24) is 15.1 Å². The average Bonchev–Trinajstić information content (AvgIpc) is 3.02. The number of rotatable bonds is 5. The molecule has 0 unspecified atom stereocenters. The minimum absolute atomic E-state index is 0.191. The largest absolute Gasteiger partial charge is 0.497 e. The summed E-state index contributed by atoms with van der Waals surface area (Å²) >= 11 is 0. The van der Waals surface area contributed by atoms with Crippen molar-refractivity contribution in [3.63, 3.8) is 0 Å². The van der Waals surface area contributed by atoms with Gasteiger partial charge >= 0.3 is 0 Å². The highest BCUT2D eigenvalue weighted by Crippen LogP contribution is 2.24. The van der Waals surface area contributed by atoms with Crippen LogP contribution in [0.2, 0.25) is 0 Å². The predicted molar refractivity (Wildman–Crippen MR) is 92.8 cm³/mol. The summed E-state index contributed by atoms with van der Waals surface area (Å²) in [7, 11) is 3.45. The molecular weight excluding hydrogens is 302 g/mol. The van der Waals surface area contributed by atoms with Crippen molar-refractivity contribution in [2.24, 2.45) is 7.05 Å². The van der Waals surface area contributed by atoms with Gasteiger partial charge in [-0.05, 0) is 23.8 Å². The Morgan fingerprint density at radius 1 is 1.12 bits per heavy atom. The molecule has 2 aromatic carbocycles. The molecule has 0 aliphatic heterocycles. The Morgan fingerprint density at radius 2 is 1.92 bits per heavy atom. The molecule has 0 fully saturated rings. The second-order valence-electron chi connectivity index (χ2n) is 5.44. The monoisotopic (exact) mass is 321 g/mol. The van der Waals surface area contributed by atoms with Crippen LogP contribution in [0.15, 0.2) is 60.7 Å². The Labute approximate surface area is 140 Å². The lowest BCUT2D eigenvalue weighted by Gasteiger charge is -2.04. The van der Waals surface area contributed by atoms with Crippen molar-refractivity contribution in [3.05, 3.63) is 71.9 Å². The van der Waals surface area contributed by atoms with E-state index in [0.29, 0.717) is 12.2 Å². The summed E-state index contributed by atoms with van der Waals surface area (Å²) in [5, 5.41) is 7.21. The lowest BCUT2D eigenvalue weighted by Crippen LogP contribution is -2.23. The van der Waals surface area contributed by atoms with Crippen molar-refractivity contribution < 1.29 is 9.53 Å². The van der Waals surface area contributed by atoms with Gasteiger partial charge < -0.3 is 10.1 Å². The summed E-state index contributed by atoms with van der Waals surface area (Å²) in [5.41, 5.74) is 3.26. The molecule has 0 saturated carbocycles. The lowest BCUT2D eigenvalue weighted by atomic mass is 10.1. The first-order chi connectivity index (χ1) is 11.7. The van der Waals surface area contributed by atoms with Gasteiger partial charge in [-0.25, -0.2) is 0 Å². The van der Waals surface area contributed by atoms with Gasteiger partial charge in [-0.2, -0.15) is 5.10 Å². The van der Waals surface area contributed by atoms with Crippen LogP contribution in [0.4, 0.5) is 0 Å². The summed E-state index contributed by atoms with van der Waals surface area (Å²) in [6.07, 6.45) is 0. The number of aryl methyl sites for hydroxylation is 1. The number of methoxy groups -OCH3 is 1. The normalized spacial score (nSPS) is 10.4. The smallest absolute Gasteiger partial charge is 0.272 e. The number of aromatic nitrogens is 2. The number of hydrogen-bond acceptors (Lipinski definition) is 3. The van der Waals surface area contributed by atoms with Gasteiger partial charge in [-0.3, -0.25) is 9.48 Å². The maximum atomic E-state index is 12.3. The molecule has 0 aliphatic rings. The fraction of sp³-hybridized carbons (Fsp3) is 0.158. The predicted octanol–water partition coefficient (Wildman–Crippen LogP) is 3.03. The highest BCUT2D eigenvalue weighted by atomic mass is 16.5. The summed E-state index contributed by atoms with van der Waals surface area (Å²) < 4.78 is 6.95. The van der Waals surface area contributed by atoms with E-state index in [-0.39, 0.29) is 5.91 Å². The van der Waals surface area contributed by atoms with E-state index in [4.69, 9.17) is 4.74 Å².